The number of nitrogens with zero attached hydrogens (tertiary/aromatic N) is 1. The van der Waals surface area contributed by atoms with Gasteiger partial charge >= 0.3 is 6.09 Å². The van der Waals surface area contributed by atoms with Crippen LogP contribution in [0.25, 0.3) is 0 Å². The number of carbonyl (C=O) groups is 3. The van der Waals surface area contributed by atoms with E-state index in [0.29, 0.717) is 26.0 Å². The van der Waals surface area contributed by atoms with E-state index in [1.807, 2.05) is 30.3 Å². The molecule has 0 aliphatic carbocycles. The summed E-state index contributed by atoms with van der Waals surface area (Å²) >= 11 is 0. The highest BCUT2D eigenvalue weighted by atomic mass is 16.6. The molecular weight excluding hydrogens is 302 g/mol. The van der Waals surface area contributed by atoms with Gasteiger partial charge in [0.1, 0.15) is 6.61 Å². The van der Waals surface area contributed by atoms with Crippen LogP contribution in [-0.2, 0) is 30.4 Å². The fraction of sp³-hybridized carbons (Fsp3) is 0.438. The number of likely N-dealkylation sites (tertiary alicyclic amines) is 1. The second kappa shape index (κ2) is 8.77. The van der Waals surface area contributed by atoms with Crippen molar-refractivity contribution >= 4 is 19.0 Å². The van der Waals surface area contributed by atoms with E-state index < -0.39 is 6.09 Å². The maximum atomic E-state index is 12.1. The summed E-state index contributed by atoms with van der Waals surface area (Å²) in [5.41, 5.74) is 0.904. The zero-order chi connectivity index (χ0) is 16.5. The second-order valence-corrected chi connectivity index (χ2v) is 5.32. The Bertz CT molecular complexity index is 501. The Hall–Kier alpha value is -2.57. The molecule has 1 heterocycles. The molecule has 124 valence electrons. The largest absolute Gasteiger partial charge is 0.468 e. The van der Waals surface area contributed by atoms with Crippen LogP contribution in [0.15, 0.2) is 30.3 Å². The number of benzene rings is 1. The van der Waals surface area contributed by atoms with Crippen molar-refractivity contribution in [2.24, 2.45) is 11.8 Å². The van der Waals surface area contributed by atoms with Crippen molar-refractivity contribution in [1.82, 2.24) is 4.90 Å². The highest BCUT2D eigenvalue weighted by Gasteiger charge is 2.36. The quantitative estimate of drug-likeness (QED) is 0.529. The van der Waals surface area contributed by atoms with Crippen molar-refractivity contribution in [1.29, 1.82) is 0 Å². The summed E-state index contributed by atoms with van der Waals surface area (Å²) in [5.74, 6) is -0.158. The van der Waals surface area contributed by atoms with Gasteiger partial charge in [0.15, 0.2) is 0 Å². The van der Waals surface area contributed by atoms with E-state index in [-0.39, 0.29) is 31.7 Å². The zero-order valence-electron chi connectivity index (χ0n) is 12.6. The molecule has 0 spiro atoms. The molecule has 0 radical (unpaired) electrons. The first-order valence-electron chi connectivity index (χ1n) is 7.30. The summed E-state index contributed by atoms with van der Waals surface area (Å²) in [7, 11) is 0. The van der Waals surface area contributed by atoms with Crippen LogP contribution < -0.4 is 0 Å². The second-order valence-electron chi connectivity index (χ2n) is 5.32. The molecule has 7 nitrogen and oxygen atoms in total. The fourth-order valence-electron chi connectivity index (χ4n) is 2.60. The molecule has 1 aliphatic heterocycles. The predicted molar refractivity (Wildman–Crippen MR) is 79.2 cm³/mol. The van der Waals surface area contributed by atoms with Gasteiger partial charge in [-0.1, -0.05) is 30.3 Å². The number of rotatable bonds is 8. The molecule has 7 heteroatoms. The van der Waals surface area contributed by atoms with E-state index in [1.54, 1.807) is 4.90 Å². The van der Waals surface area contributed by atoms with Crippen LogP contribution in [0.3, 0.4) is 0 Å². The Labute approximate surface area is 134 Å². The Morgan fingerprint density at radius 3 is 2.13 bits per heavy atom. The first kappa shape index (κ1) is 16.8. The molecule has 23 heavy (non-hydrogen) atoms. The molecular formula is C16H19NO6. The predicted octanol–water partition coefficient (Wildman–Crippen LogP) is 1.22. The average molecular weight is 321 g/mol. The molecule has 1 saturated heterocycles. The first-order valence-corrected chi connectivity index (χ1v) is 7.30. The maximum Gasteiger partial charge on any atom is 0.410 e. The number of hydrogen-bond donors (Lipinski definition) is 0. The number of hydrogen-bond acceptors (Lipinski definition) is 6. The standard InChI is InChI=1S/C16H19NO6/c18-11-21-9-14-6-17(7-15(14)10-22-12-19)16(20)23-8-13-4-2-1-3-5-13/h1-5,11-12,14-15H,6-10H2. The molecule has 0 N–H and O–H groups in total. The van der Waals surface area contributed by atoms with Gasteiger partial charge in [0.2, 0.25) is 0 Å². The van der Waals surface area contributed by atoms with Gasteiger partial charge in [0.05, 0.1) is 13.2 Å². The number of ether oxygens (including phenoxy) is 3. The summed E-state index contributed by atoms with van der Waals surface area (Å²) < 4.78 is 14.8. The van der Waals surface area contributed by atoms with Crippen LogP contribution in [-0.4, -0.2) is 50.2 Å². The average Bonchev–Trinajstić information content (AvgIpc) is 3.00. The van der Waals surface area contributed by atoms with Gasteiger partial charge in [-0.25, -0.2) is 4.79 Å². The Kier molecular flexibility index (Phi) is 6.40. The Morgan fingerprint density at radius 2 is 1.61 bits per heavy atom. The topological polar surface area (TPSA) is 82.1 Å². The van der Waals surface area contributed by atoms with Crippen LogP contribution in [0.5, 0.6) is 0 Å². The highest BCUT2D eigenvalue weighted by molar-refractivity contribution is 5.68. The lowest BCUT2D eigenvalue weighted by atomic mass is 9.98. The van der Waals surface area contributed by atoms with E-state index in [2.05, 4.69) is 0 Å². The van der Waals surface area contributed by atoms with E-state index in [4.69, 9.17) is 14.2 Å². The normalized spacial score (nSPS) is 19.9. The molecule has 2 atom stereocenters. The van der Waals surface area contributed by atoms with Crippen molar-refractivity contribution in [3.05, 3.63) is 35.9 Å². The lowest BCUT2D eigenvalue weighted by Gasteiger charge is -2.16. The Balaban J connectivity index is 1.87. The van der Waals surface area contributed by atoms with E-state index >= 15 is 0 Å². The van der Waals surface area contributed by atoms with Crippen LogP contribution in [0, 0.1) is 11.8 Å². The van der Waals surface area contributed by atoms with Gasteiger partial charge in [-0.2, -0.15) is 0 Å². The van der Waals surface area contributed by atoms with Gasteiger partial charge in [-0.15, -0.1) is 0 Å². The van der Waals surface area contributed by atoms with Crippen molar-refractivity contribution < 1.29 is 28.6 Å². The van der Waals surface area contributed by atoms with Gasteiger partial charge in [-0.05, 0) is 5.56 Å². The van der Waals surface area contributed by atoms with Gasteiger partial charge in [0.25, 0.3) is 12.9 Å². The molecule has 0 bridgehead atoms. The molecule has 1 aromatic rings. The summed E-state index contributed by atoms with van der Waals surface area (Å²) in [6.45, 7) is 2.09. The molecule has 0 aromatic heterocycles. The van der Waals surface area contributed by atoms with Crippen molar-refractivity contribution in [3.8, 4) is 0 Å². The number of amides is 1. The third-order valence-corrected chi connectivity index (χ3v) is 3.80. The Morgan fingerprint density at radius 1 is 1.04 bits per heavy atom. The smallest absolute Gasteiger partial charge is 0.410 e. The lowest BCUT2D eigenvalue weighted by molar-refractivity contribution is -0.133. The van der Waals surface area contributed by atoms with Crippen molar-refractivity contribution in [3.63, 3.8) is 0 Å². The monoisotopic (exact) mass is 321 g/mol. The van der Waals surface area contributed by atoms with Crippen molar-refractivity contribution in [2.45, 2.75) is 6.61 Å². The molecule has 1 aromatic carbocycles. The molecule has 2 rings (SSSR count). The first-order chi connectivity index (χ1) is 11.2. The van der Waals surface area contributed by atoms with Crippen LogP contribution >= 0.6 is 0 Å². The van der Waals surface area contributed by atoms with E-state index in [1.165, 1.54) is 0 Å². The molecule has 2 unspecified atom stereocenters. The van der Waals surface area contributed by atoms with Crippen molar-refractivity contribution in [2.75, 3.05) is 26.3 Å². The van der Waals surface area contributed by atoms with E-state index in [0.717, 1.165) is 5.56 Å². The van der Waals surface area contributed by atoms with Crippen LogP contribution in [0.1, 0.15) is 5.56 Å². The minimum Gasteiger partial charge on any atom is -0.468 e. The summed E-state index contributed by atoms with van der Waals surface area (Å²) in [6, 6.07) is 9.38. The third kappa shape index (κ3) is 4.98. The lowest BCUT2D eigenvalue weighted by Crippen LogP contribution is -2.30. The van der Waals surface area contributed by atoms with E-state index in [9.17, 15) is 14.4 Å². The van der Waals surface area contributed by atoms with Gasteiger partial charge in [0, 0.05) is 24.9 Å². The maximum absolute atomic E-state index is 12.1. The molecule has 1 amide bonds. The van der Waals surface area contributed by atoms with Crippen LogP contribution in [0.4, 0.5) is 4.79 Å². The van der Waals surface area contributed by atoms with Gasteiger partial charge < -0.3 is 19.1 Å². The number of carbonyl (C=O) groups excluding carboxylic acids is 3. The zero-order valence-corrected chi connectivity index (χ0v) is 12.6. The molecule has 1 aliphatic rings. The van der Waals surface area contributed by atoms with Crippen LogP contribution in [0.2, 0.25) is 0 Å². The fourth-order valence-corrected chi connectivity index (χ4v) is 2.60. The summed E-state index contributed by atoms with van der Waals surface area (Å²) in [6.07, 6.45) is -0.432. The SMILES string of the molecule is O=COCC1CN(C(=O)OCc2ccccc2)CC1COC=O. The minimum atomic E-state index is -0.432. The third-order valence-electron chi connectivity index (χ3n) is 3.80. The van der Waals surface area contributed by atoms with Gasteiger partial charge in [-0.3, -0.25) is 9.59 Å². The highest BCUT2D eigenvalue weighted by Crippen LogP contribution is 2.25. The molecule has 1 fully saturated rings. The molecule has 0 saturated carbocycles. The minimum absolute atomic E-state index is 0.0792. The summed E-state index contributed by atoms with van der Waals surface area (Å²) in [5, 5.41) is 0. The summed E-state index contributed by atoms with van der Waals surface area (Å²) in [4.78, 5) is 34.4.